The van der Waals surface area contributed by atoms with Gasteiger partial charge >= 0.3 is 13.2 Å². The Kier molecular flexibility index (Phi) is 4.29. The first-order chi connectivity index (χ1) is 9.75. The molecule has 1 amide bonds. The topological polar surface area (TPSA) is 74.6 Å². The number of ether oxygens (including phenoxy) is 1. The number of rotatable bonds is 4. The Morgan fingerprint density at radius 1 is 1.38 bits per heavy atom. The molecule has 1 N–H and O–H groups in total. The summed E-state index contributed by atoms with van der Waals surface area (Å²) in [5.41, 5.74) is 0.130. The zero-order valence-electron chi connectivity index (χ0n) is 13.2. The van der Waals surface area contributed by atoms with Crippen LogP contribution in [0.25, 0.3) is 0 Å². The third kappa shape index (κ3) is 3.38. The summed E-state index contributed by atoms with van der Waals surface area (Å²) in [6.45, 7) is 9.04. The smallest absolute Gasteiger partial charge is 0.453 e. The van der Waals surface area contributed by atoms with Crippen molar-refractivity contribution in [1.29, 1.82) is 0 Å². The van der Waals surface area contributed by atoms with Gasteiger partial charge in [-0.1, -0.05) is 0 Å². The third-order valence-corrected chi connectivity index (χ3v) is 3.97. The second-order valence-electron chi connectivity index (χ2n) is 6.04. The van der Waals surface area contributed by atoms with Crippen molar-refractivity contribution in [2.75, 3.05) is 13.7 Å². The van der Waals surface area contributed by atoms with Gasteiger partial charge in [-0.15, -0.1) is 0 Å². The highest BCUT2D eigenvalue weighted by Crippen LogP contribution is 2.36. The molecule has 1 fully saturated rings. The van der Waals surface area contributed by atoms with E-state index in [1.807, 2.05) is 33.9 Å². The molecule has 1 saturated heterocycles. The number of aromatic nitrogens is 2. The van der Waals surface area contributed by atoms with Crippen LogP contribution in [0.5, 0.6) is 0 Å². The number of nitrogens with zero attached hydrogens (tertiary/aromatic N) is 2. The van der Waals surface area contributed by atoms with Crippen molar-refractivity contribution in [3.8, 4) is 0 Å². The van der Waals surface area contributed by atoms with Crippen molar-refractivity contribution in [2.24, 2.45) is 0 Å². The molecular formula is C13H22BN3O4. The highest BCUT2D eigenvalue weighted by atomic mass is 16.7. The van der Waals surface area contributed by atoms with E-state index in [2.05, 4.69) is 15.2 Å². The average Bonchev–Trinajstić information content (AvgIpc) is 2.93. The molecule has 0 bridgehead atoms. The van der Waals surface area contributed by atoms with Crippen LogP contribution in [0.15, 0.2) is 12.4 Å². The van der Waals surface area contributed by atoms with Gasteiger partial charge in [0.2, 0.25) is 0 Å². The Labute approximate surface area is 125 Å². The van der Waals surface area contributed by atoms with E-state index >= 15 is 0 Å². The summed E-state index contributed by atoms with van der Waals surface area (Å²) in [6, 6.07) is 0. The van der Waals surface area contributed by atoms with E-state index in [-0.39, 0.29) is 11.2 Å². The molecule has 0 atom stereocenters. The summed E-state index contributed by atoms with van der Waals surface area (Å²) < 4.78 is 18.1. The number of methoxy groups -OCH3 is 1. The minimum absolute atomic E-state index is 0.369. The van der Waals surface area contributed by atoms with Crippen molar-refractivity contribution in [1.82, 2.24) is 15.1 Å². The van der Waals surface area contributed by atoms with E-state index in [0.717, 1.165) is 5.46 Å². The predicted molar refractivity (Wildman–Crippen MR) is 78.4 cm³/mol. The molecule has 0 spiro atoms. The number of amides is 1. The van der Waals surface area contributed by atoms with Gasteiger partial charge in [0.1, 0.15) is 0 Å². The molecule has 1 aromatic heterocycles. The minimum atomic E-state index is -0.451. The van der Waals surface area contributed by atoms with Crippen LogP contribution in [0.4, 0.5) is 4.79 Å². The van der Waals surface area contributed by atoms with Crippen molar-refractivity contribution >= 4 is 18.7 Å². The first-order valence-electron chi connectivity index (χ1n) is 6.95. The van der Waals surface area contributed by atoms with Gasteiger partial charge in [-0.2, -0.15) is 5.10 Å². The molecule has 1 aliphatic heterocycles. The summed E-state index contributed by atoms with van der Waals surface area (Å²) in [7, 11) is 0.914. The SMILES string of the molecule is COC(=O)NCCn1cc(B2OC(C)(C)C(C)(C)O2)cn1. The second kappa shape index (κ2) is 5.69. The third-order valence-electron chi connectivity index (χ3n) is 3.97. The maximum Gasteiger partial charge on any atom is 0.498 e. The highest BCUT2D eigenvalue weighted by Gasteiger charge is 2.52. The molecule has 0 saturated carbocycles. The molecule has 1 aromatic rings. The Morgan fingerprint density at radius 3 is 2.57 bits per heavy atom. The number of carbonyl (C=O) groups excluding carboxylic acids is 1. The zero-order valence-corrected chi connectivity index (χ0v) is 13.2. The molecule has 8 heteroatoms. The van der Waals surface area contributed by atoms with Crippen LogP contribution in [-0.4, -0.2) is 47.8 Å². The summed E-state index contributed by atoms with van der Waals surface area (Å²) in [5, 5.41) is 6.84. The van der Waals surface area contributed by atoms with E-state index in [1.54, 1.807) is 10.9 Å². The molecule has 0 radical (unpaired) electrons. The van der Waals surface area contributed by atoms with Gasteiger partial charge in [-0.05, 0) is 27.7 Å². The quantitative estimate of drug-likeness (QED) is 0.821. The van der Waals surface area contributed by atoms with Crippen molar-refractivity contribution in [2.45, 2.75) is 45.4 Å². The zero-order chi connectivity index (χ0) is 15.7. The molecule has 0 aromatic carbocycles. The van der Waals surface area contributed by atoms with Gasteiger partial charge in [0.15, 0.2) is 0 Å². The first-order valence-corrected chi connectivity index (χ1v) is 6.95. The number of hydrogen-bond donors (Lipinski definition) is 1. The summed E-state index contributed by atoms with van der Waals surface area (Å²) in [4.78, 5) is 11.0. The Hall–Kier alpha value is -1.54. The van der Waals surface area contributed by atoms with Gasteiger partial charge in [0, 0.05) is 24.4 Å². The van der Waals surface area contributed by atoms with Gasteiger partial charge in [-0.3, -0.25) is 4.68 Å². The molecular weight excluding hydrogens is 273 g/mol. The fraction of sp³-hybridized carbons (Fsp3) is 0.692. The number of alkyl carbamates (subject to hydrolysis) is 1. The lowest BCUT2D eigenvalue weighted by Gasteiger charge is -2.32. The molecule has 1 aliphatic rings. The Morgan fingerprint density at radius 2 is 2.00 bits per heavy atom. The van der Waals surface area contributed by atoms with Crippen LogP contribution in [-0.2, 0) is 20.6 Å². The standard InChI is InChI=1S/C13H22BN3O4/c1-12(2)13(3,4)21-14(20-12)10-8-16-17(9-10)7-6-15-11(18)19-5/h8-9H,6-7H2,1-5H3,(H,15,18). The highest BCUT2D eigenvalue weighted by molar-refractivity contribution is 6.61. The molecule has 0 aliphatic carbocycles. The van der Waals surface area contributed by atoms with E-state index in [1.165, 1.54) is 7.11 Å². The average molecular weight is 295 g/mol. The fourth-order valence-electron chi connectivity index (χ4n) is 1.95. The fourth-order valence-corrected chi connectivity index (χ4v) is 1.95. The number of hydrogen-bond acceptors (Lipinski definition) is 5. The number of carbonyl (C=O) groups is 1. The van der Waals surface area contributed by atoms with E-state index in [9.17, 15) is 4.79 Å². The van der Waals surface area contributed by atoms with Crippen LogP contribution >= 0.6 is 0 Å². The van der Waals surface area contributed by atoms with E-state index < -0.39 is 13.2 Å². The van der Waals surface area contributed by atoms with Crippen molar-refractivity contribution in [3.05, 3.63) is 12.4 Å². The second-order valence-corrected chi connectivity index (χ2v) is 6.04. The van der Waals surface area contributed by atoms with Crippen LogP contribution in [0.2, 0.25) is 0 Å². The normalized spacial score (nSPS) is 19.6. The Balaban J connectivity index is 1.94. The Bertz CT molecular complexity index is 499. The summed E-state index contributed by atoms with van der Waals surface area (Å²) in [6.07, 6.45) is 3.13. The van der Waals surface area contributed by atoms with E-state index in [0.29, 0.717) is 13.1 Å². The largest absolute Gasteiger partial charge is 0.498 e. The predicted octanol–water partition coefficient (Wildman–Crippen LogP) is 0.538. The minimum Gasteiger partial charge on any atom is -0.453 e. The lowest BCUT2D eigenvalue weighted by molar-refractivity contribution is 0.00578. The monoisotopic (exact) mass is 295 g/mol. The van der Waals surface area contributed by atoms with Gasteiger partial charge in [0.25, 0.3) is 0 Å². The van der Waals surface area contributed by atoms with Gasteiger partial charge < -0.3 is 19.4 Å². The summed E-state index contributed by atoms with van der Waals surface area (Å²) in [5.74, 6) is 0. The molecule has 2 heterocycles. The molecule has 21 heavy (non-hydrogen) atoms. The maximum absolute atomic E-state index is 11.0. The number of nitrogens with one attached hydrogen (secondary N) is 1. The van der Waals surface area contributed by atoms with Crippen molar-refractivity contribution in [3.63, 3.8) is 0 Å². The lowest BCUT2D eigenvalue weighted by Crippen LogP contribution is -2.41. The van der Waals surface area contributed by atoms with E-state index in [4.69, 9.17) is 9.31 Å². The first kappa shape index (κ1) is 15.8. The van der Waals surface area contributed by atoms with Gasteiger partial charge in [0.05, 0.1) is 24.9 Å². The van der Waals surface area contributed by atoms with Crippen LogP contribution in [0.3, 0.4) is 0 Å². The van der Waals surface area contributed by atoms with Crippen LogP contribution in [0, 0.1) is 0 Å². The molecule has 2 rings (SSSR count). The molecule has 116 valence electrons. The van der Waals surface area contributed by atoms with Crippen LogP contribution < -0.4 is 10.8 Å². The van der Waals surface area contributed by atoms with Crippen LogP contribution in [0.1, 0.15) is 27.7 Å². The van der Waals surface area contributed by atoms with Crippen molar-refractivity contribution < 1.29 is 18.8 Å². The lowest BCUT2D eigenvalue weighted by atomic mass is 9.82. The molecule has 0 unspecified atom stereocenters. The van der Waals surface area contributed by atoms with Gasteiger partial charge in [-0.25, -0.2) is 4.79 Å². The molecule has 7 nitrogen and oxygen atoms in total. The maximum atomic E-state index is 11.0. The summed E-state index contributed by atoms with van der Waals surface area (Å²) >= 11 is 0.